The number of carbonyl (C=O) groups is 1. The fraction of sp³-hybridized carbons (Fsp3) is 0.759. The number of nitrogens with zero attached hydrogens (tertiary/aromatic N) is 1. The summed E-state index contributed by atoms with van der Waals surface area (Å²) in [6, 6.07) is 10.6. The third-order valence-corrected chi connectivity index (χ3v) is 7.10. The lowest BCUT2D eigenvalue weighted by Crippen LogP contribution is -2.36. The van der Waals surface area contributed by atoms with Gasteiger partial charge in [-0.25, -0.2) is 4.79 Å². The molecule has 1 aromatic carbocycles. The van der Waals surface area contributed by atoms with Crippen molar-refractivity contribution in [1.29, 1.82) is 0 Å². The Kier molecular flexibility index (Phi) is 15.2. The quantitative estimate of drug-likeness (QED) is 0.218. The number of piperidine rings is 1. The van der Waals surface area contributed by atoms with Crippen molar-refractivity contribution in [2.24, 2.45) is 5.92 Å². The summed E-state index contributed by atoms with van der Waals surface area (Å²) in [6.45, 7) is 5.94. The molecule has 1 aliphatic rings. The van der Waals surface area contributed by atoms with E-state index in [0.717, 1.165) is 45.3 Å². The number of ether oxygens (including phenoxy) is 1. The third kappa shape index (κ3) is 13.2. The minimum atomic E-state index is -0.791. The maximum Gasteiger partial charge on any atom is 0.332 e. The van der Waals surface area contributed by atoms with E-state index in [1.165, 1.54) is 69.8 Å². The van der Waals surface area contributed by atoms with Crippen LogP contribution < -0.4 is 0 Å². The van der Waals surface area contributed by atoms with Crippen molar-refractivity contribution >= 4 is 5.97 Å². The molecule has 0 radical (unpaired) electrons. The minimum Gasteiger partial charge on any atom is -0.479 e. The molecule has 2 rings (SSSR count). The summed E-state index contributed by atoms with van der Waals surface area (Å²) in [6.07, 6.45) is 17.9. The summed E-state index contributed by atoms with van der Waals surface area (Å²) in [5.41, 5.74) is 1.35. The highest BCUT2D eigenvalue weighted by atomic mass is 16.5. The number of unbranched alkanes of at least 4 members (excludes halogenated alkanes) is 11. The van der Waals surface area contributed by atoms with Gasteiger partial charge >= 0.3 is 5.97 Å². The van der Waals surface area contributed by atoms with Crippen molar-refractivity contribution in [2.75, 3.05) is 19.7 Å². The van der Waals surface area contributed by atoms with E-state index in [-0.39, 0.29) is 0 Å². The highest BCUT2D eigenvalue weighted by Crippen LogP contribution is 2.24. The Morgan fingerprint density at radius 2 is 1.45 bits per heavy atom. The number of hydrogen-bond acceptors (Lipinski definition) is 3. The molecule has 0 amide bonds. The predicted molar refractivity (Wildman–Crippen MR) is 138 cm³/mol. The summed E-state index contributed by atoms with van der Waals surface area (Å²) >= 11 is 0. The largest absolute Gasteiger partial charge is 0.479 e. The average molecular weight is 460 g/mol. The van der Waals surface area contributed by atoms with Gasteiger partial charge in [-0.1, -0.05) is 108 Å². The van der Waals surface area contributed by atoms with Gasteiger partial charge in [0.25, 0.3) is 0 Å². The van der Waals surface area contributed by atoms with Gasteiger partial charge in [-0.05, 0) is 50.3 Å². The zero-order valence-corrected chi connectivity index (χ0v) is 21.2. The summed E-state index contributed by atoms with van der Waals surface area (Å²) in [5.74, 6) is -0.333. The van der Waals surface area contributed by atoms with E-state index in [1.54, 1.807) is 0 Å². The molecule has 1 aromatic rings. The van der Waals surface area contributed by atoms with Gasteiger partial charge in [0, 0.05) is 13.2 Å². The van der Waals surface area contributed by atoms with Gasteiger partial charge in [0.2, 0.25) is 0 Å². The summed E-state index contributed by atoms with van der Waals surface area (Å²) in [4.78, 5) is 14.2. The van der Waals surface area contributed by atoms with Gasteiger partial charge in [0.05, 0.1) is 0 Å². The molecule has 0 saturated carbocycles. The van der Waals surface area contributed by atoms with Gasteiger partial charge in [-0.2, -0.15) is 0 Å². The Labute approximate surface area is 203 Å². The Morgan fingerprint density at radius 3 is 2.00 bits per heavy atom. The average Bonchev–Trinajstić information content (AvgIpc) is 2.83. The summed E-state index contributed by atoms with van der Waals surface area (Å²) in [5, 5.41) is 9.61. The lowest BCUT2D eigenvalue weighted by Gasteiger charge is -2.33. The van der Waals surface area contributed by atoms with Crippen molar-refractivity contribution in [3.63, 3.8) is 0 Å². The Bertz CT molecular complexity index is 598. The molecule has 1 N–H and O–H groups in total. The van der Waals surface area contributed by atoms with E-state index in [0.29, 0.717) is 18.9 Å². The minimum absolute atomic E-state index is 0.458. The van der Waals surface area contributed by atoms with Gasteiger partial charge < -0.3 is 9.84 Å². The van der Waals surface area contributed by atoms with Gasteiger partial charge in [-0.3, -0.25) is 4.90 Å². The predicted octanol–water partition coefficient (Wildman–Crippen LogP) is 7.46. The van der Waals surface area contributed by atoms with Crippen molar-refractivity contribution in [3.8, 4) is 0 Å². The standard InChI is InChI=1S/C29H49NO3/c1-2-3-4-5-6-7-8-9-10-11-12-16-23-33-28(29(31)32)24-26-19-21-30(22-20-26)25-27-17-14-13-15-18-27/h13-15,17-18,26,28H,2-12,16,19-25H2,1H3,(H,31,32). The molecular weight excluding hydrogens is 410 g/mol. The topological polar surface area (TPSA) is 49.8 Å². The fourth-order valence-corrected chi connectivity index (χ4v) is 4.93. The molecule has 1 fully saturated rings. The van der Waals surface area contributed by atoms with E-state index < -0.39 is 12.1 Å². The van der Waals surface area contributed by atoms with Crippen LogP contribution in [0.15, 0.2) is 30.3 Å². The molecule has 1 unspecified atom stereocenters. The second-order valence-electron chi connectivity index (χ2n) is 10.0. The number of carboxylic acids is 1. The van der Waals surface area contributed by atoms with Crippen molar-refractivity contribution in [3.05, 3.63) is 35.9 Å². The summed E-state index contributed by atoms with van der Waals surface area (Å²) < 4.78 is 5.81. The molecule has 1 heterocycles. The first kappa shape index (κ1) is 27.9. The Balaban J connectivity index is 1.47. The molecule has 0 spiro atoms. The molecule has 1 aliphatic heterocycles. The van der Waals surface area contributed by atoms with Crippen LogP contribution in [0.2, 0.25) is 0 Å². The number of benzene rings is 1. The van der Waals surface area contributed by atoms with Gasteiger partial charge in [-0.15, -0.1) is 0 Å². The molecule has 0 aliphatic carbocycles. The molecular formula is C29H49NO3. The van der Waals surface area contributed by atoms with Gasteiger partial charge in [0.15, 0.2) is 6.10 Å². The van der Waals surface area contributed by atoms with Crippen LogP contribution in [-0.2, 0) is 16.1 Å². The van der Waals surface area contributed by atoms with Crippen LogP contribution in [0.1, 0.15) is 109 Å². The first-order valence-electron chi connectivity index (χ1n) is 13.8. The van der Waals surface area contributed by atoms with Crippen LogP contribution >= 0.6 is 0 Å². The highest BCUT2D eigenvalue weighted by Gasteiger charge is 2.26. The van der Waals surface area contributed by atoms with E-state index in [4.69, 9.17) is 4.74 Å². The Hall–Kier alpha value is -1.39. The zero-order chi connectivity index (χ0) is 23.6. The van der Waals surface area contributed by atoms with E-state index >= 15 is 0 Å². The van der Waals surface area contributed by atoms with Crippen LogP contribution in [0.25, 0.3) is 0 Å². The number of aliphatic carboxylic acids is 1. The van der Waals surface area contributed by atoms with E-state index in [1.807, 2.05) is 0 Å². The molecule has 4 heteroatoms. The number of likely N-dealkylation sites (tertiary alicyclic amines) is 1. The first-order valence-corrected chi connectivity index (χ1v) is 13.8. The second kappa shape index (κ2) is 18.0. The van der Waals surface area contributed by atoms with Crippen molar-refractivity contribution in [2.45, 2.75) is 116 Å². The van der Waals surface area contributed by atoms with Crippen LogP contribution in [0.5, 0.6) is 0 Å². The van der Waals surface area contributed by atoms with Gasteiger partial charge in [0.1, 0.15) is 0 Å². The lowest BCUT2D eigenvalue weighted by molar-refractivity contribution is -0.152. The van der Waals surface area contributed by atoms with Crippen LogP contribution in [-0.4, -0.2) is 41.8 Å². The van der Waals surface area contributed by atoms with E-state index in [2.05, 4.69) is 42.2 Å². The third-order valence-electron chi connectivity index (χ3n) is 7.10. The molecule has 0 aromatic heterocycles. The van der Waals surface area contributed by atoms with Crippen LogP contribution in [0.4, 0.5) is 0 Å². The maximum absolute atomic E-state index is 11.7. The molecule has 1 saturated heterocycles. The first-order chi connectivity index (χ1) is 16.2. The molecule has 0 bridgehead atoms. The highest BCUT2D eigenvalue weighted by molar-refractivity contribution is 5.72. The molecule has 188 valence electrons. The fourth-order valence-electron chi connectivity index (χ4n) is 4.93. The van der Waals surface area contributed by atoms with E-state index in [9.17, 15) is 9.90 Å². The SMILES string of the molecule is CCCCCCCCCCCCCCOC(CC1CCN(Cc2ccccc2)CC1)C(=O)O. The molecule has 1 atom stereocenters. The molecule has 33 heavy (non-hydrogen) atoms. The number of rotatable bonds is 19. The Morgan fingerprint density at radius 1 is 0.909 bits per heavy atom. The zero-order valence-electron chi connectivity index (χ0n) is 21.2. The lowest BCUT2D eigenvalue weighted by atomic mass is 9.91. The van der Waals surface area contributed by atoms with Crippen molar-refractivity contribution in [1.82, 2.24) is 4.90 Å². The monoisotopic (exact) mass is 459 g/mol. The second-order valence-corrected chi connectivity index (χ2v) is 10.0. The summed E-state index contributed by atoms with van der Waals surface area (Å²) in [7, 11) is 0. The molecule has 4 nitrogen and oxygen atoms in total. The van der Waals surface area contributed by atoms with Crippen LogP contribution in [0, 0.1) is 5.92 Å². The van der Waals surface area contributed by atoms with Crippen LogP contribution in [0.3, 0.4) is 0 Å². The van der Waals surface area contributed by atoms with Crippen molar-refractivity contribution < 1.29 is 14.6 Å². The smallest absolute Gasteiger partial charge is 0.332 e. The maximum atomic E-state index is 11.7. The normalized spacial score (nSPS) is 16.2. The number of hydrogen-bond donors (Lipinski definition) is 1. The number of carboxylic acid groups (broad SMARTS) is 1.